The summed E-state index contributed by atoms with van der Waals surface area (Å²) in [5.41, 5.74) is 0. The summed E-state index contributed by atoms with van der Waals surface area (Å²) in [4.78, 5) is 2.27. The maximum absolute atomic E-state index is 5.25. The Bertz CT molecular complexity index is 392. The van der Waals surface area contributed by atoms with Gasteiger partial charge in [0.2, 0.25) is 5.95 Å². The van der Waals surface area contributed by atoms with E-state index in [2.05, 4.69) is 33.6 Å². The number of H-pyrrole nitrogens is 1. The van der Waals surface area contributed by atoms with Crippen LogP contribution in [0.5, 0.6) is 0 Å². The van der Waals surface area contributed by atoms with Crippen molar-refractivity contribution in [1.29, 1.82) is 0 Å². The van der Waals surface area contributed by atoms with Crippen LogP contribution < -0.4 is 4.90 Å². The van der Waals surface area contributed by atoms with Crippen LogP contribution in [0.2, 0.25) is 0 Å². The minimum Gasteiger partial charge on any atom is -0.340 e. The van der Waals surface area contributed by atoms with Gasteiger partial charge in [-0.15, -0.1) is 5.10 Å². The van der Waals surface area contributed by atoms with E-state index in [1.165, 1.54) is 17.9 Å². The fraction of sp³-hybridized carbons (Fsp3) is 0.800. The number of rotatable bonds is 4. The molecule has 1 atom stereocenters. The topological polar surface area (TPSA) is 36.9 Å². The Morgan fingerprint density at radius 3 is 3.12 bits per heavy atom. The quantitative estimate of drug-likeness (QED) is 0.841. The molecule has 0 saturated carbocycles. The van der Waals surface area contributed by atoms with E-state index in [1.54, 1.807) is 0 Å². The summed E-state index contributed by atoms with van der Waals surface area (Å²) in [5.74, 6) is 3.44. The molecule has 1 unspecified atom stereocenters. The van der Waals surface area contributed by atoms with Crippen LogP contribution in [0.4, 0.5) is 5.95 Å². The van der Waals surface area contributed by atoms with Gasteiger partial charge in [-0.3, -0.25) is 4.57 Å². The lowest BCUT2D eigenvalue weighted by atomic mass is 10.2. The van der Waals surface area contributed by atoms with Crippen LogP contribution >= 0.6 is 24.0 Å². The van der Waals surface area contributed by atoms with Gasteiger partial charge in [0.1, 0.15) is 0 Å². The van der Waals surface area contributed by atoms with Gasteiger partial charge in [0, 0.05) is 25.4 Å². The van der Waals surface area contributed by atoms with Crippen LogP contribution in [-0.4, -0.2) is 39.4 Å². The smallest absolute Gasteiger partial charge is 0.225 e. The third-order valence-corrected chi connectivity index (χ3v) is 4.41. The molecule has 1 aliphatic heterocycles. The average molecular weight is 258 g/mol. The van der Waals surface area contributed by atoms with Crippen molar-refractivity contribution in [3.05, 3.63) is 4.77 Å². The van der Waals surface area contributed by atoms with Crippen molar-refractivity contribution in [1.82, 2.24) is 14.8 Å². The van der Waals surface area contributed by atoms with Crippen LogP contribution in [0, 0.1) is 4.77 Å². The van der Waals surface area contributed by atoms with Crippen LogP contribution in [0.15, 0.2) is 0 Å². The molecule has 0 radical (unpaired) electrons. The molecule has 0 spiro atoms. The Kier molecular flexibility index (Phi) is 3.91. The minimum atomic E-state index is 0.603. The van der Waals surface area contributed by atoms with Crippen LogP contribution in [0.3, 0.4) is 0 Å². The molecular formula is C10H18N4S2. The number of thioether (sulfide) groups is 1. The summed E-state index contributed by atoms with van der Waals surface area (Å²) in [6, 6.07) is 0.603. The van der Waals surface area contributed by atoms with E-state index in [0.717, 1.165) is 23.7 Å². The van der Waals surface area contributed by atoms with Crippen LogP contribution in [0.25, 0.3) is 0 Å². The highest BCUT2D eigenvalue weighted by molar-refractivity contribution is 7.99. The van der Waals surface area contributed by atoms with E-state index < -0.39 is 0 Å². The molecule has 16 heavy (non-hydrogen) atoms. The van der Waals surface area contributed by atoms with Gasteiger partial charge in [0.25, 0.3) is 0 Å². The number of hydrogen-bond donors (Lipinski definition) is 1. The fourth-order valence-electron chi connectivity index (χ4n) is 1.99. The van der Waals surface area contributed by atoms with Crippen molar-refractivity contribution in [2.45, 2.75) is 32.4 Å². The highest BCUT2D eigenvalue weighted by Crippen LogP contribution is 2.24. The second-order valence-corrected chi connectivity index (χ2v) is 5.65. The lowest BCUT2D eigenvalue weighted by Crippen LogP contribution is -2.33. The van der Waals surface area contributed by atoms with Crippen molar-refractivity contribution in [2.24, 2.45) is 0 Å². The fourth-order valence-corrected chi connectivity index (χ4v) is 3.48. The standard InChI is InChI=1S/C10H18N4S2/c1-3-5-14-9(11-12-10(14)15)13(2)8-4-6-16-7-8/h8H,3-7H2,1-2H3,(H,12,15). The summed E-state index contributed by atoms with van der Waals surface area (Å²) >= 11 is 7.26. The summed E-state index contributed by atoms with van der Waals surface area (Å²) in [6.45, 7) is 3.10. The SMILES string of the molecule is CCCn1c(N(C)C2CCSC2)n[nH]c1=S. The minimum absolute atomic E-state index is 0.603. The van der Waals surface area contributed by atoms with Gasteiger partial charge in [-0.2, -0.15) is 11.8 Å². The number of nitrogens with one attached hydrogen (secondary N) is 1. The van der Waals surface area contributed by atoms with Gasteiger partial charge in [0.15, 0.2) is 4.77 Å². The number of hydrogen-bond acceptors (Lipinski definition) is 4. The molecule has 2 heterocycles. The Morgan fingerprint density at radius 1 is 1.69 bits per heavy atom. The summed E-state index contributed by atoms with van der Waals surface area (Å²) in [5, 5.41) is 7.24. The number of anilines is 1. The molecule has 1 saturated heterocycles. The summed E-state index contributed by atoms with van der Waals surface area (Å²) in [7, 11) is 2.12. The molecular weight excluding hydrogens is 240 g/mol. The molecule has 1 N–H and O–H groups in total. The third kappa shape index (κ3) is 2.27. The van der Waals surface area contributed by atoms with Crippen molar-refractivity contribution in [3.63, 3.8) is 0 Å². The molecule has 0 aliphatic carbocycles. The molecule has 0 amide bonds. The van der Waals surface area contributed by atoms with Crippen molar-refractivity contribution in [3.8, 4) is 0 Å². The van der Waals surface area contributed by atoms with E-state index in [9.17, 15) is 0 Å². The molecule has 2 rings (SSSR count). The Hall–Kier alpha value is -0.490. The van der Waals surface area contributed by atoms with Crippen molar-refractivity contribution in [2.75, 3.05) is 23.5 Å². The molecule has 6 heteroatoms. The summed E-state index contributed by atoms with van der Waals surface area (Å²) < 4.78 is 2.83. The van der Waals surface area contributed by atoms with Crippen LogP contribution in [-0.2, 0) is 6.54 Å². The van der Waals surface area contributed by atoms with Gasteiger partial charge in [-0.1, -0.05) is 6.92 Å². The first-order chi connectivity index (χ1) is 7.74. The van der Waals surface area contributed by atoms with E-state index in [0.29, 0.717) is 6.04 Å². The number of aromatic nitrogens is 3. The molecule has 90 valence electrons. The Morgan fingerprint density at radius 2 is 2.50 bits per heavy atom. The van der Waals surface area contributed by atoms with Gasteiger partial charge in [0.05, 0.1) is 0 Å². The number of aromatic amines is 1. The van der Waals surface area contributed by atoms with E-state index in [4.69, 9.17) is 12.2 Å². The second-order valence-electron chi connectivity index (χ2n) is 4.11. The first-order valence-corrected chi connectivity index (χ1v) is 7.26. The van der Waals surface area contributed by atoms with E-state index in [1.807, 2.05) is 11.8 Å². The monoisotopic (exact) mass is 258 g/mol. The Labute approximate surface area is 105 Å². The summed E-state index contributed by atoms with van der Waals surface area (Å²) in [6.07, 6.45) is 2.32. The predicted molar refractivity (Wildman–Crippen MR) is 71.8 cm³/mol. The molecule has 0 bridgehead atoms. The third-order valence-electron chi connectivity index (χ3n) is 2.95. The van der Waals surface area contributed by atoms with Crippen LogP contribution in [0.1, 0.15) is 19.8 Å². The first-order valence-electron chi connectivity index (χ1n) is 5.69. The molecule has 1 aromatic rings. The molecule has 1 aromatic heterocycles. The van der Waals surface area contributed by atoms with Crippen molar-refractivity contribution < 1.29 is 0 Å². The second kappa shape index (κ2) is 5.23. The van der Waals surface area contributed by atoms with Gasteiger partial charge in [-0.25, -0.2) is 5.10 Å². The molecule has 0 aromatic carbocycles. The molecule has 4 nitrogen and oxygen atoms in total. The highest BCUT2D eigenvalue weighted by Gasteiger charge is 2.23. The maximum Gasteiger partial charge on any atom is 0.225 e. The predicted octanol–water partition coefficient (Wildman–Crippen LogP) is 2.29. The van der Waals surface area contributed by atoms with Crippen molar-refractivity contribution >= 4 is 29.9 Å². The zero-order valence-electron chi connectivity index (χ0n) is 9.77. The maximum atomic E-state index is 5.25. The zero-order valence-corrected chi connectivity index (χ0v) is 11.4. The van der Waals surface area contributed by atoms with Gasteiger partial charge >= 0.3 is 0 Å². The zero-order chi connectivity index (χ0) is 11.5. The van der Waals surface area contributed by atoms with E-state index >= 15 is 0 Å². The largest absolute Gasteiger partial charge is 0.340 e. The van der Waals surface area contributed by atoms with Gasteiger partial charge in [-0.05, 0) is 30.8 Å². The number of nitrogens with zero attached hydrogens (tertiary/aromatic N) is 3. The van der Waals surface area contributed by atoms with Gasteiger partial charge < -0.3 is 4.90 Å². The highest BCUT2D eigenvalue weighted by atomic mass is 32.2. The normalized spacial score (nSPS) is 20.2. The van der Waals surface area contributed by atoms with E-state index in [-0.39, 0.29) is 0 Å². The molecule has 1 aliphatic rings. The first kappa shape index (κ1) is 12.0. The lowest BCUT2D eigenvalue weighted by Gasteiger charge is -2.24. The Balaban J connectivity index is 2.21. The average Bonchev–Trinajstić information content (AvgIpc) is 2.89. The molecule has 1 fully saturated rings. The lowest BCUT2D eigenvalue weighted by molar-refractivity contribution is 0.619.